The zero-order valence-electron chi connectivity index (χ0n) is 6.61. The van der Waals surface area contributed by atoms with E-state index in [1.807, 2.05) is 0 Å². The molecule has 0 fully saturated rings. The summed E-state index contributed by atoms with van der Waals surface area (Å²) in [5.41, 5.74) is -0.213. The van der Waals surface area contributed by atoms with Gasteiger partial charge in [-0.25, -0.2) is 4.79 Å². The van der Waals surface area contributed by atoms with Gasteiger partial charge in [-0.05, 0) is 6.92 Å². The second-order valence-electron chi connectivity index (χ2n) is 2.11. The molecule has 0 N–H and O–H groups in total. The maximum Gasteiger partial charge on any atom is 0.335 e. The van der Waals surface area contributed by atoms with E-state index in [-0.39, 0.29) is 5.57 Å². The summed E-state index contributed by atoms with van der Waals surface area (Å²) in [5, 5.41) is 0. The van der Waals surface area contributed by atoms with Gasteiger partial charge in [-0.15, -0.1) is 0 Å². The van der Waals surface area contributed by atoms with Crippen molar-refractivity contribution in [3.05, 3.63) is 24.1 Å². The molecule has 0 heterocycles. The third kappa shape index (κ3) is 3.73. The summed E-state index contributed by atoms with van der Waals surface area (Å²) in [6.07, 6.45) is -5.93. The van der Waals surface area contributed by atoms with E-state index in [0.717, 1.165) is 0 Å². The minimum absolute atomic E-state index is 0.213. The van der Waals surface area contributed by atoms with Crippen LogP contribution in [0.5, 0.6) is 0 Å². The first-order valence-electron chi connectivity index (χ1n) is 3.07. The molecule has 0 aromatic heterocycles. The summed E-state index contributed by atoms with van der Waals surface area (Å²) in [5.74, 6) is -3.68. The quantitative estimate of drug-likeness (QED) is 0.395. The molecule has 0 aliphatic carbocycles. The highest BCUT2D eigenvalue weighted by atomic mass is 19.3. The van der Waals surface area contributed by atoms with Crippen molar-refractivity contribution in [3.63, 3.8) is 0 Å². The van der Waals surface area contributed by atoms with E-state index in [2.05, 4.69) is 11.3 Å². The first-order valence-corrected chi connectivity index (χ1v) is 3.07. The Morgan fingerprint density at radius 3 is 2.15 bits per heavy atom. The maximum atomic E-state index is 12.3. The van der Waals surface area contributed by atoms with E-state index in [9.17, 15) is 22.4 Å². The molecule has 0 aliphatic heterocycles. The summed E-state index contributed by atoms with van der Waals surface area (Å²) in [7, 11) is 0. The van der Waals surface area contributed by atoms with Crippen molar-refractivity contribution in [1.82, 2.24) is 0 Å². The molecule has 0 aliphatic rings. The van der Waals surface area contributed by atoms with Gasteiger partial charge in [-0.1, -0.05) is 6.58 Å². The average Bonchev–Trinajstić information content (AvgIpc) is 2.02. The van der Waals surface area contributed by atoms with Crippen LogP contribution in [0.2, 0.25) is 0 Å². The number of carbonyl (C=O) groups excluding carboxylic acids is 1. The van der Waals surface area contributed by atoms with Crippen LogP contribution < -0.4 is 0 Å². The number of halogens is 4. The molecule has 13 heavy (non-hydrogen) atoms. The van der Waals surface area contributed by atoms with E-state index in [4.69, 9.17) is 0 Å². The Labute approximate surface area is 71.5 Å². The molecule has 0 radical (unpaired) electrons. The molecule has 0 spiro atoms. The van der Waals surface area contributed by atoms with Crippen molar-refractivity contribution in [1.29, 1.82) is 0 Å². The lowest BCUT2D eigenvalue weighted by Gasteiger charge is -2.06. The highest BCUT2D eigenvalue weighted by Crippen LogP contribution is 2.18. The van der Waals surface area contributed by atoms with Gasteiger partial charge < -0.3 is 4.74 Å². The predicted octanol–water partition coefficient (Wildman–Crippen LogP) is 2.48. The molecule has 0 saturated carbocycles. The second-order valence-corrected chi connectivity index (χ2v) is 2.11. The zero-order chi connectivity index (χ0) is 10.6. The van der Waals surface area contributed by atoms with Crippen LogP contribution in [-0.4, -0.2) is 12.3 Å². The summed E-state index contributed by atoms with van der Waals surface area (Å²) >= 11 is 0. The zero-order valence-corrected chi connectivity index (χ0v) is 6.61. The lowest BCUT2D eigenvalue weighted by molar-refractivity contribution is -0.151. The van der Waals surface area contributed by atoms with Crippen LogP contribution in [-0.2, 0) is 9.53 Å². The monoisotopic (exact) mass is 198 g/mol. The fourth-order valence-corrected chi connectivity index (χ4v) is 0.332. The van der Waals surface area contributed by atoms with Gasteiger partial charge in [0.05, 0.1) is 0 Å². The second kappa shape index (κ2) is 4.64. The number of alkyl halides is 1. The first kappa shape index (κ1) is 11.7. The molecule has 2 nitrogen and oxygen atoms in total. The van der Waals surface area contributed by atoms with Gasteiger partial charge in [-0.3, -0.25) is 0 Å². The molecule has 0 rings (SSSR count). The van der Waals surface area contributed by atoms with E-state index in [0.29, 0.717) is 0 Å². The number of esters is 1. The van der Waals surface area contributed by atoms with E-state index >= 15 is 0 Å². The van der Waals surface area contributed by atoms with Gasteiger partial charge in [0.2, 0.25) is 5.83 Å². The molecule has 6 heteroatoms. The van der Waals surface area contributed by atoms with Crippen LogP contribution in [0.25, 0.3) is 0 Å². The molecular formula is C7H6F4O2. The van der Waals surface area contributed by atoms with E-state index in [1.54, 1.807) is 0 Å². The Kier molecular flexibility index (Phi) is 4.16. The molecule has 1 unspecified atom stereocenters. The highest BCUT2D eigenvalue weighted by Gasteiger charge is 2.23. The standard InChI is InChI=1S/C7H6F4O2/c1-3(2)7(12)13-6(11)4(8)5(9)10/h6H,1H2,2H3. The van der Waals surface area contributed by atoms with Gasteiger partial charge in [0.25, 0.3) is 6.36 Å². The molecule has 0 amide bonds. The van der Waals surface area contributed by atoms with Gasteiger partial charge in [0.1, 0.15) is 0 Å². The van der Waals surface area contributed by atoms with Crippen molar-refractivity contribution in [2.24, 2.45) is 0 Å². The average molecular weight is 198 g/mol. The first-order chi connectivity index (χ1) is 5.86. The molecule has 0 saturated heterocycles. The summed E-state index contributed by atoms with van der Waals surface area (Å²) in [4.78, 5) is 10.5. The Hall–Kier alpha value is -1.33. The number of carbonyl (C=O) groups is 1. The van der Waals surface area contributed by atoms with E-state index in [1.165, 1.54) is 6.92 Å². The Morgan fingerprint density at radius 1 is 1.38 bits per heavy atom. The fourth-order valence-electron chi connectivity index (χ4n) is 0.332. The molecule has 0 aromatic carbocycles. The summed E-state index contributed by atoms with van der Waals surface area (Å²) < 4.78 is 50.6. The normalized spacial score (nSPS) is 11.8. The van der Waals surface area contributed by atoms with Crippen molar-refractivity contribution in [2.75, 3.05) is 0 Å². The summed E-state index contributed by atoms with van der Waals surface area (Å²) in [6, 6.07) is 0. The third-order valence-corrected chi connectivity index (χ3v) is 0.939. The lowest BCUT2D eigenvalue weighted by Crippen LogP contribution is -2.14. The Morgan fingerprint density at radius 2 is 1.85 bits per heavy atom. The smallest absolute Gasteiger partial charge is 0.335 e. The van der Waals surface area contributed by atoms with Gasteiger partial charge >= 0.3 is 12.0 Å². The third-order valence-electron chi connectivity index (χ3n) is 0.939. The van der Waals surface area contributed by atoms with Crippen LogP contribution in [0.4, 0.5) is 17.6 Å². The minimum atomic E-state index is -3.07. The largest absolute Gasteiger partial charge is 0.421 e. The topological polar surface area (TPSA) is 26.3 Å². The maximum absolute atomic E-state index is 12.3. The lowest BCUT2D eigenvalue weighted by atomic mass is 10.4. The highest BCUT2D eigenvalue weighted by molar-refractivity contribution is 5.87. The SMILES string of the molecule is C=C(C)C(=O)OC(F)C(F)=C(F)F. The number of ether oxygens (including phenoxy) is 1. The molecule has 0 bridgehead atoms. The number of hydrogen-bond donors (Lipinski definition) is 0. The molecule has 1 atom stereocenters. The van der Waals surface area contributed by atoms with Crippen LogP contribution in [0, 0.1) is 0 Å². The Balaban J connectivity index is 4.33. The molecule has 74 valence electrons. The number of rotatable bonds is 3. The van der Waals surface area contributed by atoms with Gasteiger partial charge in [0, 0.05) is 5.57 Å². The fraction of sp³-hybridized carbons (Fsp3) is 0.286. The molecular weight excluding hydrogens is 192 g/mol. The van der Waals surface area contributed by atoms with E-state index < -0.39 is 24.2 Å². The van der Waals surface area contributed by atoms with Crippen LogP contribution in [0.3, 0.4) is 0 Å². The molecule has 0 aromatic rings. The van der Waals surface area contributed by atoms with Crippen molar-refractivity contribution in [2.45, 2.75) is 13.3 Å². The minimum Gasteiger partial charge on any atom is -0.421 e. The van der Waals surface area contributed by atoms with Gasteiger partial charge in [-0.2, -0.15) is 17.6 Å². The number of hydrogen-bond acceptors (Lipinski definition) is 2. The van der Waals surface area contributed by atoms with Gasteiger partial charge in [0.15, 0.2) is 0 Å². The summed E-state index contributed by atoms with van der Waals surface area (Å²) in [6.45, 7) is 4.21. The van der Waals surface area contributed by atoms with Crippen LogP contribution in [0.1, 0.15) is 6.92 Å². The predicted molar refractivity (Wildman–Crippen MR) is 36.2 cm³/mol. The van der Waals surface area contributed by atoms with Crippen molar-refractivity contribution >= 4 is 5.97 Å². The van der Waals surface area contributed by atoms with Crippen molar-refractivity contribution in [3.8, 4) is 0 Å². The van der Waals surface area contributed by atoms with Crippen molar-refractivity contribution < 1.29 is 27.1 Å². The Bertz CT molecular complexity index is 255. The van der Waals surface area contributed by atoms with Crippen LogP contribution in [0.15, 0.2) is 24.1 Å². The van der Waals surface area contributed by atoms with Crippen LogP contribution >= 0.6 is 0 Å².